The van der Waals surface area contributed by atoms with E-state index in [0.717, 1.165) is 34.7 Å². The number of nitrogens with one attached hydrogen (secondary N) is 1. The van der Waals surface area contributed by atoms with Gasteiger partial charge in [0.2, 0.25) is 0 Å². The van der Waals surface area contributed by atoms with E-state index in [0.29, 0.717) is 11.8 Å². The summed E-state index contributed by atoms with van der Waals surface area (Å²) in [5.74, 6) is 3.00. The molecule has 0 bridgehead atoms. The average molecular weight is 354 g/mol. The molecule has 1 aromatic rings. The van der Waals surface area contributed by atoms with E-state index >= 15 is 0 Å². The third-order valence-corrected chi connectivity index (χ3v) is 5.61. The van der Waals surface area contributed by atoms with E-state index in [2.05, 4.69) is 28.2 Å². The van der Waals surface area contributed by atoms with Crippen LogP contribution >= 0.6 is 15.9 Å². The number of hydrogen-bond acceptors (Lipinski definition) is 4. The Hall–Kier alpha value is -0.680. The molecule has 0 radical (unpaired) electrons. The van der Waals surface area contributed by atoms with Crippen molar-refractivity contribution in [1.29, 1.82) is 0 Å². The molecule has 0 aliphatic heterocycles. The molecule has 3 rings (SSSR count). The molecule has 1 aromatic heterocycles. The highest BCUT2D eigenvalue weighted by molar-refractivity contribution is 9.10. The standard InChI is InChI=1S/C16H24BrN3O/c1-10-5-4-8-16(9-10,21-3)15-19-13(11-6-7-11)12(17)14(18-2)20-15/h10-11H,4-9H2,1-3H3,(H,18,19,20). The summed E-state index contributed by atoms with van der Waals surface area (Å²) in [5, 5.41) is 3.20. The first-order valence-corrected chi connectivity index (χ1v) is 8.69. The molecule has 1 heterocycles. The van der Waals surface area contributed by atoms with Crippen LogP contribution in [-0.4, -0.2) is 24.1 Å². The van der Waals surface area contributed by atoms with E-state index in [1.54, 1.807) is 7.11 Å². The molecule has 116 valence electrons. The molecule has 0 amide bonds. The third kappa shape index (κ3) is 2.82. The van der Waals surface area contributed by atoms with Crippen molar-refractivity contribution in [3.8, 4) is 0 Å². The maximum Gasteiger partial charge on any atom is 0.162 e. The van der Waals surface area contributed by atoms with E-state index in [4.69, 9.17) is 14.7 Å². The maximum absolute atomic E-state index is 5.96. The molecule has 4 nitrogen and oxygen atoms in total. The fourth-order valence-corrected chi connectivity index (χ4v) is 4.14. The van der Waals surface area contributed by atoms with Gasteiger partial charge in [-0.05, 0) is 54.0 Å². The van der Waals surface area contributed by atoms with Crippen LogP contribution in [0.1, 0.15) is 62.9 Å². The van der Waals surface area contributed by atoms with Gasteiger partial charge in [0.25, 0.3) is 0 Å². The molecule has 2 aliphatic carbocycles. The van der Waals surface area contributed by atoms with E-state index in [9.17, 15) is 0 Å². The number of nitrogens with zero attached hydrogens (tertiary/aromatic N) is 2. The van der Waals surface area contributed by atoms with Gasteiger partial charge in [-0.15, -0.1) is 0 Å². The van der Waals surface area contributed by atoms with Gasteiger partial charge in [-0.3, -0.25) is 0 Å². The fraction of sp³-hybridized carbons (Fsp3) is 0.750. The summed E-state index contributed by atoms with van der Waals surface area (Å²) in [4.78, 5) is 9.69. The summed E-state index contributed by atoms with van der Waals surface area (Å²) < 4.78 is 6.98. The van der Waals surface area contributed by atoms with Crippen LogP contribution in [0, 0.1) is 5.92 Å². The van der Waals surface area contributed by atoms with E-state index in [1.807, 2.05) is 7.05 Å². The summed E-state index contributed by atoms with van der Waals surface area (Å²) in [5.41, 5.74) is 0.840. The van der Waals surface area contributed by atoms with Crippen LogP contribution < -0.4 is 5.32 Å². The van der Waals surface area contributed by atoms with Gasteiger partial charge in [0.05, 0.1) is 10.2 Å². The molecule has 0 aromatic carbocycles. The van der Waals surface area contributed by atoms with Gasteiger partial charge in [0.15, 0.2) is 5.82 Å². The minimum absolute atomic E-state index is 0.312. The Morgan fingerprint density at radius 3 is 2.62 bits per heavy atom. The van der Waals surface area contributed by atoms with Crippen molar-refractivity contribution in [2.45, 2.75) is 57.0 Å². The molecule has 2 saturated carbocycles. The molecule has 2 aliphatic rings. The molecule has 2 fully saturated rings. The quantitative estimate of drug-likeness (QED) is 0.880. The first-order chi connectivity index (χ1) is 10.1. The maximum atomic E-state index is 5.96. The van der Waals surface area contributed by atoms with E-state index in [1.165, 1.54) is 25.7 Å². The van der Waals surface area contributed by atoms with Crippen molar-refractivity contribution in [2.75, 3.05) is 19.5 Å². The lowest BCUT2D eigenvalue weighted by Gasteiger charge is -2.38. The minimum Gasteiger partial charge on any atom is -0.372 e. The lowest BCUT2D eigenvalue weighted by molar-refractivity contribution is -0.0646. The van der Waals surface area contributed by atoms with E-state index in [-0.39, 0.29) is 5.60 Å². The molecule has 21 heavy (non-hydrogen) atoms. The van der Waals surface area contributed by atoms with Gasteiger partial charge in [-0.25, -0.2) is 9.97 Å². The average Bonchev–Trinajstić information content (AvgIpc) is 3.32. The highest BCUT2D eigenvalue weighted by Crippen LogP contribution is 2.46. The second-order valence-electron chi connectivity index (χ2n) is 6.52. The van der Waals surface area contributed by atoms with Gasteiger partial charge in [-0.2, -0.15) is 0 Å². The number of aromatic nitrogens is 2. The van der Waals surface area contributed by atoms with Crippen molar-refractivity contribution in [1.82, 2.24) is 9.97 Å². The summed E-state index contributed by atoms with van der Waals surface area (Å²) >= 11 is 3.66. The number of halogens is 1. The van der Waals surface area contributed by atoms with Crippen LogP contribution in [0.3, 0.4) is 0 Å². The van der Waals surface area contributed by atoms with Crippen LogP contribution in [0.15, 0.2) is 4.47 Å². The van der Waals surface area contributed by atoms with Crippen LogP contribution in [-0.2, 0) is 10.3 Å². The molecule has 2 atom stereocenters. The Kier molecular flexibility index (Phi) is 4.23. The number of hydrogen-bond donors (Lipinski definition) is 1. The molecule has 5 heteroatoms. The number of methoxy groups -OCH3 is 1. The zero-order valence-corrected chi connectivity index (χ0v) is 14.7. The first-order valence-electron chi connectivity index (χ1n) is 7.90. The van der Waals surface area contributed by atoms with Crippen molar-refractivity contribution >= 4 is 21.7 Å². The highest BCUT2D eigenvalue weighted by Gasteiger charge is 2.41. The monoisotopic (exact) mass is 353 g/mol. The SMILES string of the molecule is CNc1nc(C2(OC)CCCC(C)C2)nc(C2CC2)c1Br. The summed E-state index contributed by atoms with van der Waals surface area (Å²) in [7, 11) is 3.72. The summed E-state index contributed by atoms with van der Waals surface area (Å²) in [6, 6.07) is 0. The molecular formula is C16H24BrN3O. The summed E-state index contributed by atoms with van der Waals surface area (Å²) in [6.45, 7) is 2.30. The zero-order valence-electron chi connectivity index (χ0n) is 13.1. The lowest BCUT2D eigenvalue weighted by atomic mass is 9.78. The second-order valence-corrected chi connectivity index (χ2v) is 7.31. The molecule has 2 unspecified atom stereocenters. The topological polar surface area (TPSA) is 47.0 Å². The van der Waals surface area contributed by atoms with Crippen molar-refractivity contribution < 1.29 is 4.74 Å². The fourth-order valence-electron chi connectivity index (χ4n) is 3.44. The Morgan fingerprint density at radius 1 is 1.29 bits per heavy atom. The Morgan fingerprint density at radius 2 is 2.05 bits per heavy atom. The third-order valence-electron chi connectivity index (χ3n) is 4.83. The Bertz CT molecular complexity index is 532. The zero-order chi connectivity index (χ0) is 15.0. The molecule has 0 saturated heterocycles. The molecular weight excluding hydrogens is 330 g/mol. The number of ether oxygens (including phenoxy) is 1. The van der Waals surface area contributed by atoms with Gasteiger partial charge in [-0.1, -0.05) is 13.3 Å². The largest absolute Gasteiger partial charge is 0.372 e. The molecule has 0 spiro atoms. The van der Waals surface area contributed by atoms with Crippen LogP contribution in [0.25, 0.3) is 0 Å². The van der Waals surface area contributed by atoms with Gasteiger partial charge < -0.3 is 10.1 Å². The normalized spacial score (nSPS) is 29.4. The van der Waals surface area contributed by atoms with Crippen LogP contribution in [0.4, 0.5) is 5.82 Å². The number of rotatable bonds is 4. The minimum atomic E-state index is -0.312. The Balaban J connectivity index is 2.05. The van der Waals surface area contributed by atoms with Gasteiger partial charge >= 0.3 is 0 Å². The van der Waals surface area contributed by atoms with Gasteiger partial charge in [0, 0.05) is 20.1 Å². The van der Waals surface area contributed by atoms with Gasteiger partial charge in [0.1, 0.15) is 11.4 Å². The highest BCUT2D eigenvalue weighted by atomic mass is 79.9. The van der Waals surface area contributed by atoms with Crippen LogP contribution in [0.5, 0.6) is 0 Å². The smallest absolute Gasteiger partial charge is 0.162 e. The van der Waals surface area contributed by atoms with Crippen LogP contribution in [0.2, 0.25) is 0 Å². The Labute approximate surface area is 135 Å². The predicted octanol–water partition coefficient (Wildman–Crippen LogP) is 4.21. The second kappa shape index (κ2) is 5.84. The summed E-state index contributed by atoms with van der Waals surface area (Å²) in [6.07, 6.45) is 6.95. The lowest BCUT2D eigenvalue weighted by Crippen LogP contribution is -2.36. The van der Waals surface area contributed by atoms with Crippen molar-refractivity contribution in [3.63, 3.8) is 0 Å². The molecule has 1 N–H and O–H groups in total. The first kappa shape index (κ1) is 15.2. The predicted molar refractivity (Wildman–Crippen MR) is 87.6 cm³/mol. The van der Waals surface area contributed by atoms with Crippen molar-refractivity contribution in [2.24, 2.45) is 5.92 Å². The number of anilines is 1. The van der Waals surface area contributed by atoms with Crippen molar-refractivity contribution in [3.05, 3.63) is 16.0 Å². The van der Waals surface area contributed by atoms with E-state index < -0.39 is 0 Å².